The summed E-state index contributed by atoms with van der Waals surface area (Å²) in [4.78, 5) is 27.9. The highest BCUT2D eigenvalue weighted by molar-refractivity contribution is 7.90. The Hall–Kier alpha value is -2.64. The van der Waals surface area contributed by atoms with Gasteiger partial charge in [0.15, 0.2) is 16.4 Å². The van der Waals surface area contributed by atoms with Gasteiger partial charge in [0.25, 0.3) is 0 Å². The summed E-state index contributed by atoms with van der Waals surface area (Å²) in [5.41, 5.74) is 2.28. The van der Waals surface area contributed by atoms with Crippen molar-refractivity contribution in [1.29, 1.82) is 0 Å². The summed E-state index contributed by atoms with van der Waals surface area (Å²) in [5, 5.41) is 0.807. The number of ketones is 1. The molecule has 3 aromatic rings. The second kappa shape index (κ2) is 7.77. The number of nitrogens with one attached hydrogen (secondary N) is 1. The fraction of sp³-hybridized carbons (Fsp3) is 0.200. The van der Waals surface area contributed by atoms with Crippen molar-refractivity contribution < 1.29 is 22.7 Å². The van der Waals surface area contributed by atoms with Gasteiger partial charge in [-0.3, -0.25) is 4.79 Å². The van der Waals surface area contributed by atoms with E-state index in [-0.39, 0.29) is 21.3 Å². The molecule has 0 aliphatic carbocycles. The molecule has 6 nitrogen and oxygen atoms in total. The van der Waals surface area contributed by atoms with Crippen LogP contribution in [0.5, 0.6) is 0 Å². The molecule has 2 aromatic carbocycles. The van der Waals surface area contributed by atoms with Gasteiger partial charge in [-0.2, -0.15) is 0 Å². The van der Waals surface area contributed by atoms with Gasteiger partial charge in [0.1, 0.15) is 0 Å². The molecule has 0 spiro atoms. The first-order chi connectivity index (χ1) is 13.2. The van der Waals surface area contributed by atoms with Crippen LogP contribution >= 0.6 is 11.6 Å². The normalized spacial score (nSPS) is 11.5. The number of H-pyrrole nitrogens is 1. The van der Waals surface area contributed by atoms with E-state index >= 15 is 0 Å². The highest BCUT2D eigenvalue weighted by Crippen LogP contribution is 2.24. The Labute approximate surface area is 167 Å². The van der Waals surface area contributed by atoms with E-state index in [2.05, 4.69) is 4.98 Å². The monoisotopic (exact) mass is 419 g/mol. The second-order valence-electron chi connectivity index (χ2n) is 6.31. The van der Waals surface area contributed by atoms with Gasteiger partial charge < -0.3 is 9.72 Å². The molecule has 1 N–H and O–H groups in total. The van der Waals surface area contributed by atoms with E-state index in [4.69, 9.17) is 16.3 Å². The summed E-state index contributed by atoms with van der Waals surface area (Å²) < 4.78 is 28.4. The molecule has 0 amide bonds. The number of aromatic nitrogens is 1. The fourth-order valence-corrected chi connectivity index (χ4v) is 3.76. The van der Waals surface area contributed by atoms with Gasteiger partial charge in [-0.25, -0.2) is 13.2 Å². The van der Waals surface area contributed by atoms with E-state index in [0.29, 0.717) is 5.56 Å². The number of carbonyl (C=O) groups excluding carboxylic acids is 2. The van der Waals surface area contributed by atoms with E-state index in [1.165, 1.54) is 12.1 Å². The average molecular weight is 420 g/mol. The Kier molecular flexibility index (Phi) is 5.58. The summed E-state index contributed by atoms with van der Waals surface area (Å²) in [7, 11) is -3.51. The third-order valence-corrected chi connectivity index (χ3v) is 5.84. The number of para-hydroxylation sites is 1. The molecule has 8 heteroatoms. The van der Waals surface area contributed by atoms with Gasteiger partial charge in [0.2, 0.25) is 5.78 Å². The Morgan fingerprint density at radius 2 is 1.89 bits per heavy atom. The van der Waals surface area contributed by atoms with Crippen LogP contribution in [0.15, 0.2) is 47.5 Å². The summed E-state index contributed by atoms with van der Waals surface area (Å²) >= 11 is 5.98. The second-order valence-corrected chi connectivity index (χ2v) is 8.73. The standard InChI is InChI=1S/C20H18ClNO5S/c1-3-12-5-4-6-14-16(10-22-19(12)14)18(23)11-27-20(24)15-9-13(28(2,25)26)7-8-17(15)21/h4-10,22H,3,11H2,1-2H3. The predicted molar refractivity (Wildman–Crippen MR) is 107 cm³/mol. The lowest BCUT2D eigenvalue weighted by Gasteiger charge is -2.07. The zero-order chi connectivity index (χ0) is 20.5. The van der Waals surface area contributed by atoms with Gasteiger partial charge in [-0.05, 0) is 30.2 Å². The third-order valence-electron chi connectivity index (χ3n) is 4.40. The third kappa shape index (κ3) is 3.95. The molecule has 0 aliphatic heterocycles. The molecular weight excluding hydrogens is 402 g/mol. The van der Waals surface area contributed by atoms with Gasteiger partial charge in [0.05, 0.1) is 15.5 Å². The van der Waals surface area contributed by atoms with Crippen LogP contribution in [0.3, 0.4) is 0 Å². The van der Waals surface area contributed by atoms with Crippen LogP contribution in [0.25, 0.3) is 10.9 Å². The number of aryl methyl sites for hydroxylation is 1. The number of hydrogen-bond acceptors (Lipinski definition) is 5. The molecule has 0 saturated carbocycles. The summed E-state index contributed by atoms with van der Waals surface area (Å²) in [5.74, 6) is -1.24. The molecule has 0 saturated heterocycles. The van der Waals surface area contributed by atoms with Crippen LogP contribution in [0, 0.1) is 0 Å². The zero-order valence-corrected chi connectivity index (χ0v) is 16.9. The molecular formula is C20H18ClNO5S. The number of esters is 1. The average Bonchev–Trinajstić information content (AvgIpc) is 3.09. The van der Waals surface area contributed by atoms with Crippen LogP contribution in [0.1, 0.15) is 33.2 Å². The molecule has 0 radical (unpaired) electrons. The highest BCUT2D eigenvalue weighted by atomic mass is 35.5. The lowest BCUT2D eigenvalue weighted by molar-refractivity contribution is 0.0475. The van der Waals surface area contributed by atoms with Crippen molar-refractivity contribution in [2.75, 3.05) is 12.9 Å². The van der Waals surface area contributed by atoms with E-state index < -0.39 is 22.4 Å². The van der Waals surface area contributed by atoms with Crippen LogP contribution in [-0.4, -0.2) is 38.0 Å². The van der Waals surface area contributed by atoms with Gasteiger partial charge in [0, 0.05) is 28.9 Å². The zero-order valence-electron chi connectivity index (χ0n) is 15.3. The molecule has 0 aliphatic rings. The van der Waals surface area contributed by atoms with E-state index in [0.717, 1.165) is 35.2 Å². The smallest absolute Gasteiger partial charge is 0.340 e. The van der Waals surface area contributed by atoms with E-state index in [1.54, 1.807) is 6.20 Å². The molecule has 0 atom stereocenters. The number of carbonyl (C=O) groups is 2. The number of fused-ring (bicyclic) bond motifs is 1. The molecule has 28 heavy (non-hydrogen) atoms. The number of sulfone groups is 1. The minimum absolute atomic E-state index is 0.0459. The Balaban J connectivity index is 1.80. The van der Waals surface area contributed by atoms with Gasteiger partial charge in [-0.1, -0.05) is 36.7 Å². The maximum absolute atomic E-state index is 12.5. The first kappa shape index (κ1) is 20.1. The molecule has 146 valence electrons. The minimum Gasteiger partial charge on any atom is -0.454 e. The number of aromatic amines is 1. The Morgan fingerprint density at radius 3 is 2.57 bits per heavy atom. The minimum atomic E-state index is -3.51. The van der Waals surface area contributed by atoms with Crippen molar-refractivity contribution in [3.8, 4) is 0 Å². The Morgan fingerprint density at radius 1 is 1.14 bits per heavy atom. The SMILES string of the molecule is CCc1cccc2c(C(=O)COC(=O)c3cc(S(C)(=O)=O)ccc3Cl)c[nH]c12. The predicted octanol–water partition coefficient (Wildman–Crippen LogP) is 3.83. The molecule has 0 bridgehead atoms. The number of Topliss-reactive ketones (excluding diaryl/α,β-unsaturated/α-hetero) is 1. The summed E-state index contributed by atoms with van der Waals surface area (Å²) in [6.07, 6.45) is 3.43. The maximum atomic E-state index is 12.5. The summed E-state index contributed by atoms with van der Waals surface area (Å²) in [6.45, 7) is 1.54. The number of halogens is 1. The van der Waals surface area contributed by atoms with Crippen molar-refractivity contribution in [3.63, 3.8) is 0 Å². The molecule has 1 aromatic heterocycles. The van der Waals surface area contributed by atoms with Crippen LogP contribution in [-0.2, 0) is 21.0 Å². The molecule has 0 unspecified atom stereocenters. The number of hydrogen-bond donors (Lipinski definition) is 1. The van der Waals surface area contributed by atoms with E-state index in [1.807, 2.05) is 25.1 Å². The topological polar surface area (TPSA) is 93.3 Å². The molecule has 3 rings (SSSR count). The number of ether oxygens (including phenoxy) is 1. The van der Waals surface area contributed by atoms with Crippen LogP contribution in [0.4, 0.5) is 0 Å². The first-order valence-corrected chi connectivity index (χ1v) is 10.8. The van der Waals surface area contributed by atoms with Crippen molar-refractivity contribution in [1.82, 2.24) is 4.98 Å². The lowest BCUT2D eigenvalue weighted by Crippen LogP contribution is -2.15. The van der Waals surface area contributed by atoms with Crippen molar-refractivity contribution in [3.05, 3.63) is 64.3 Å². The van der Waals surface area contributed by atoms with Crippen LogP contribution in [0.2, 0.25) is 5.02 Å². The van der Waals surface area contributed by atoms with Gasteiger partial charge >= 0.3 is 5.97 Å². The number of rotatable bonds is 6. The highest BCUT2D eigenvalue weighted by Gasteiger charge is 2.19. The largest absolute Gasteiger partial charge is 0.454 e. The number of benzene rings is 2. The van der Waals surface area contributed by atoms with Gasteiger partial charge in [-0.15, -0.1) is 0 Å². The quantitative estimate of drug-likeness (QED) is 0.484. The van der Waals surface area contributed by atoms with Crippen molar-refractivity contribution in [2.24, 2.45) is 0 Å². The first-order valence-electron chi connectivity index (χ1n) is 8.51. The molecule has 0 fully saturated rings. The maximum Gasteiger partial charge on any atom is 0.340 e. The summed E-state index contributed by atoms with van der Waals surface area (Å²) in [6, 6.07) is 9.42. The fourth-order valence-electron chi connectivity index (χ4n) is 2.92. The van der Waals surface area contributed by atoms with Crippen LogP contribution < -0.4 is 0 Å². The lowest BCUT2D eigenvalue weighted by atomic mass is 10.1. The Bertz CT molecular complexity index is 1180. The van der Waals surface area contributed by atoms with E-state index in [9.17, 15) is 18.0 Å². The molecule has 1 heterocycles. The van der Waals surface area contributed by atoms with Crippen molar-refractivity contribution >= 4 is 44.1 Å². The van der Waals surface area contributed by atoms with Crippen molar-refractivity contribution in [2.45, 2.75) is 18.2 Å².